The molecule has 0 aliphatic carbocycles. The van der Waals surface area contributed by atoms with Gasteiger partial charge in [0, 0.05) is 12.3 Å². The van der Waals surface area contributed by atoms with Gasteiger partial charge < -0.3 is 4.74 Å². The number of nitrogens with zero attached hydrogens (tertiary/aromatic N) is 1. The van der Waals surface area contributed by atoms with Crippen molar-refractivity contribution < 1.29 is 9.13 Å². The molecule has 3 heteroatoms. The predicted molar refractivity (Wildman–Crippen MR) is 64.5 cm³/mol. The van der Waals surface area contributed by atoms with Crippen LogP contribution in [0, 0.1) is 5.95 Å². The Kier molecular flexibility index (Phi) is 4.08. The van der Waals surface area contributed by atoms with Gasteiger partial charge in [-0.25, -0.2) is 4.98 Å². The molecule has 0 unspecified atom stereocenters. The maximum Gasteiger partial charge on any atom is 0.216 e. The molecule has 0 N–H and O–H groups in total. The zero-order chi connectivity index (χ0) is 11.9. The third kappa shape index (κ3) is 3.87. The van der Waals surface area contributed by atoms with Gasteiger partial charge in [0.1, 0.15) is 5.75 Å². The van der Waals surface area contributed by atoms with Crippen molar-refractivity contribution in [2.24, 2.45) is 0 Å². The maximum atomic E-state index is 12.8. The number of pyridine rings is 1. The SMILES string of the molecule is Fc1cc(OCCCc2ccccc2)ccn1. The van der Waals surface area contributed by atoms with Crippen molar-refractivity contribution in [2.75, 3.05) is 6.61 Å². The number of ether oxygens (including phenoxy) is 1. The standard InChI is InChI=1S/C14H14FNO/c15-14-11-13(8-9-16-14)17-10-4-7-12-5-2-1-3-6-12/h1-3,5-6,8-9,11H,4,7,10H2. The van der Waals surface area contributed by atoms with Crippen LogP contribution in [0.2, 0.25) is 0 Å². The molecule has 0 radical (unpaired) electrons. The minimum Gasteiger partial charge on any atom is -0.493 e. The van der Waals surface area contributed by atoms with Crippen molar-refractivity contribution in [3.8, 4) is 5.75 Å². The van der Waals surface area contributed by atoms with Crippen molar-refractivity contribution in [1.82, 2.24) is 4.98 Å². The van der Waals surface area contributed by atoms with Crippen molar-refractivity contribution in [3.63, 3.8) is 0 Å². The molecule has 0 aliphatic rings. The quantitative estimate of drug-likeness (QED) is 0.582. The Labute approximate surface area is 100 Å². The van der Waals surface area contributed by atoms with E-state index in [0.717, 1.165) is 12.8 Å². The smallest absolute Gasteiger partial charge is 0.216 e. The largest absolute Gasteiger partial charge is 0.493 e. The first-order valence-electron chi connectivity index (χ1n) is 5.63. The average molecular weight is 231 g/mol. The molecule has 2 nitrogen and oxygen atoms in total. The number of aromatic nitrogens is 1. The highest BCUT2D eigenvalue weighted by Gasteiger charge is 1.97. The van der Waals surface area contributed by atoms with Crippen LogP contribution in [-0.4, -0.2) is 11.6 Å². The highest BCUT2D eigenvalue weighted by atomic mass is 19.1. The van der Waals surface area contributed by atoms with E-state index >= 15 is 0 Å². The number of hydrogen-bond donors (Lipinski definition) is 0. The Morgan fingerprint density at radius 3 is 2.71 bits per heavy atom. The molecule has 0 saturated heterocycles. The molecule has 0 amide bonds. The monoisotopic (exact) mass is 231 g/mol. The Bertz CT molecular complexity index is 459. The molecule has 1 aromatic heterocycles. The maximum absolute atomic E-state index is 12.8. The van der Waals surface area contributed by atoms with Crippen LogP contribution in [-0.2, 0) is 6.42 Å². The Balaban J connectivity index is 1.73. The molecule has 0 bridgehead atoms. The van der Waals surface area contributed by atoms with E-state index in [-0.39, 0.29) is 0 Å². The summed E-state index contributed by atoms with van der Waals surface area (Å²) in [6, 6.07) is 13.2. The summed E-state index contributed by atoms with van der Waals surface area (Å²) in [4.78, 5) is 3.47. The van der Waals surface area contributed by atoms with E-state index in [1.54, 1.807) is 6.07 Å². The molecule has 0 fully saturated rings. The Morgan fingerprint density at radius 2 is 1.94 bits per heavy atom. The molecule has 1 heterocycles. The van der Waals surface area contributed by atoms with E-state index in [4.69, 9.17) is 4.74 Å². The summed E-state index contributed by atoms with van der Waals surface area (Å²) in [5.41, 5.74) is 1.29. The summed E-state index contributed by atoms with van der Waals surface area (Å²) in [5.74, 6) is 0.0242. The van der Waals surface area contributed by atoms with Gasteiger partial charge in [0.15, 0.2) is 0 Å². The van der Waals surface area contributed by atoms with Crippen LogP contribution in [0.15, 0.2) is 48.7 Å². The van der Waals surface area contributed by atoms with E-state index < -0.39 is 5.95 Å². The van der Waals surface area contributed by atoms with Gasteiger partial charge in [-0.3, -0.25) is 0 Å². The zero-order valence-corrected chi connectivity index (χ0v) is 9.47. The number of hydrogen-bond acceptors (Lipinski definition) is 2. The van der Waals surface area contributed by atoms with Crippen LogP contribution in [0.1, 0.15) is 12.0 Å². The second kappa shape index (κ2) is 5.99. The number of aryl methyl sites for hydroxylation is 1. The van der Waals surface area contributed by atoms with Gasteiger partial charge in [0.2, 0.25) is 5.95 Å². The lowest BCUT2D eigenvalue weighted by molar-refractivity contribution is 0.308. The molecular formula is C14H14FNO. The van der Waals surface area contributed by atoms with Gasteiger partial charge in [0.25, 0.3) is 0 Å². The lowest BCUT2D eigenvalue weighted by Crippen LogP contribution is -1.99. The molecule has 17 heavy (non-hydrogen) atoms. The second-order valence-corrected chi connectivity index (χ2v) is 3.75. The summed E-state index contributed by atoms with van der Waals surface area (Å²) >= 11 is 0. The lowest BCUT2D eigenvalue weighted by atomic mass is 10.1. The van der Waals surface area contributed by atoms with Gasteiger partial charge in [0.05, 0.1) is 6.61 Å². The van der Waals surface area contributed by atoms with E-state index in [2.05, 4.69) is 17.1 Å². The van der Waals surface area contributed by atoms with Gasteiger partial charge in [-0.1, -0.05) is 30.3 Å². The molecular weight excluding hydrogens is 217 g/mol. The van der Waals surface area contributed by atoms with Crippen molar-refractivity contribution in [3.05, 3.63) is 60.2 Å². The molecule has 0 saturated carbocycles. The fourth-order valence-corrected chi connectivity index (χ4v) is 1.59. The summed E-state index contributed by atoms with van der Waals surface area (Å²) in [7, 11) is 0. The van der Waals surface area contributed by atoms with Crippen LogP contribution >= 0.6 is 0 Å². The van der Waals surface area contributed by atoms with Crippen LogP contribution in [0.5, 0.6) is 5.75 Å². The summed E-state index contributed by atoms with van der Waals surface area (Å²) in [6.07, 6.45) is 3.28. The van der Waals surface area contributed by atoms with Crippen molar-refractivity contribution >= 4 is 0 Å². The first-order chi connectivity index (χ1) is 8.34. The van der Waals surface area contributed by atoms with Gasteiger partial charge in [-0.15, -0.1) is 0 Å². The fourth-order valence-electron chi connectivity index (χ4n) is 1.59. The summed E-state index contributed by atoms with van der Waals surface area (Å²) in [6.45, 7) is 0.582. The highest BCUT2D eigenvalue weighted by molar-refractivity contribution is 5.18. The number of rotatable bonds is 5. The van der Waals surface area contributed by atoms with Crippen molar-refractivity contribution in [1.29, 1.82) is 0 Å². The second-order valence-electron chi connectivity index (χ2n) is 3.75. The minimum atomic E-state index is -0.509. The molecule has 0 spiro atoms. The number of halogens is 1. The van der Waals surface area contributed by atoms with E-state index in [0.29, 0.717) is 12.4 Å². The fraction of sp³-hybridized carbons (Fsp3) is 0.214. The zero-order valence-electron chi connectivity index (χ0n) is 9.47. The van der Waals surface area contributed by atoms with Gasteiger partial charge >= 0.3 is 0 Å². The van der Waals surface area contributed by atoms with E-state index in [1.807, 2.05) is 18.2 Å². The lowest BCUT2D eigenvalue weighted by Gasteiger charge is -2.05. The van der Waals surface area contributed by atoms with Gasteiger partial charge in [-0.2, -0.15) is 4.39 Å². The number of benzene rings is 1. The summed E-state index contributed by atoms with van der Waals surface area (Å²) in [5, 5.41) is 0. The van der Waals surface area contributed by atoms with Crippen LogP contribution in [0.25, 0.3) is 0 Å². The molecule has 2 aromatic rings. The van der Waals surface area contributed by atoms with E-state index in [9.17, 15) is 4.39 Å². The molecule has 1 aromatic carbocycles. The first-order valence-corrected chi connectivity index (χ1v) is 5.63. The van der Waals surface area contributed by atoms with Crippen LogP contribution in [0.4, 0.5) is 4.39 Å². The summed E-state index contributed by atoms with van der Waals surface area (Å²) < 4.78 is 18.2. The first kappa shape index (κ1) is 11.6. The Hall–Kier alpha value is -1.90. The molecule has 0 aliphatic heterocycles. The molecule has 0 atom stereocenters. The third-order valence-corrected chi connectivity index (χ3v) is 2.42. The Morgan fingerprint density at radius 1 is 1.12 bits per heavy atom. The highest BCUT2D eigenvalue weighted by Crippen LogP contribution is 2.10. The predicted octanol–water partition coefficient (Wildman–Crippen LogP) is 3.23. The van der Waals surface area contributed by atoms with Crippen LogP contribution in [0.3, 0.4) is 0 Å². The topological polar surface area (TPSA) is 22.1 Å². The molecule has 88 valence electrons. The average Bonchev–Trinajstić information content (AvgIpc) is 2.36. The van der Waals surface area contributed by atoms with Crippen LogP contribution < -0.4 is 4.74 Å². The van der Waals surface area contributed by atoms with Crippen molar-refractivity contribution in [2.45, 2.75) is 12.8 Å². The normalized spacial score (nSPS) is 10.2. The van der Waals surface area contributed by atoms with Gasteiger partial charge in [-0.05, 0) is 24.5 Å². The third-order valence-electron chi connectivity index (χ3n) is 2.42. The minimum absolute atomic E-state index is 0.509. The van der Waals surface area contributed by atoms with E-state index in [1.165, 1.54) is 17.8 Å². The molecule has 2 rings (SSSR count).